The van der Waals surface area contributed by atoms with Gasteiger partial charge in [0.2, 0.25) is 0 Å². The van der Waals surface area contributed by atoms with E-state index < -0.39 is 5.97 Å². The maximum Gasteiger partial charge on any atom is 0.339 e. The molecule has 1 N–H and O–H groups in total. The molecule has 0 aliphatic rings. The van der Waals surface area contributed by atoms with E-state index in [4.69, 9.17) is 5.11 Å². The fraction of sp³-hybridized carbons (Fsp3) is 0.545. The molecule has 0 saturated heterocycles. The Hall–Kier alpha value is -1.45. The van der Waals surface area contributed by atoms with Gasteiger partial charge in [-0.2, -0.15) is 0 Å². The molecule has 0 aliphatic heterocycles. The second-order valence-electron chi connectivity index (χ2n) is 3.74. The molecule has 0 bridgehead atoms. The molecule has 0 amide bonds. The Balaban J connectivity index is 3.25. The van der Waals surface area contributed by atoms with E-state index in [0.29, 0.717) is 11.4 Å². The van der Waals surface area contributed by atoms with Gasteiger partial charge in [-0.05, 0) is 20.3 Å². The smallest absolute Gasteiger partial charge is 0.339 e. The summed E-state index contributed by atoms with van der Waals surface area (Å²) in [6.45, 7) is 7.52. The highest BCUT2D eigenvalue weighted by Gasteiger charge is 2.16. The van der Waals surface area contributed by atoms with E-state index in [9.17, 15) is 4.79 Å². The standard InChI is InChI=1S/C11H16N2O2/c1-5-6(2)10-12-7(3)9(11(14)15)8(4)13-10/h6H,5H2,1-4H3,(H,14,15). The first-order chi connectivity index (χ1) is 6.97. The lowest BCUT2D eigenvalue weighted by Gasteiger charge is -2.11. The normalized spacial score (nSPS) is 12.5. The summed E-state index contributed by atoms with van der Waals surface area (Å²) in [7, 11) is 0. The molecule has 0 aliphatic carbocycles. The van der Waals surface area contributed by atoms with Gasteiger partial charge in [0.15, 0.2) is 0 Å². The summed E-state index contributed by atoms with van der Waals surface area (Å²) in [5.41, 5.74) is 1.32. The summed E-state index contributed by atoms with van der Waals surface area (Å²) in [6.07, 6.45) is 0.950. The molecule has 0 fully saturated rings. The van der Waals surface area contributed by atoms with Crippen molar-refractivity contribution in [2.24, 2.45) is 0 Å². The number of nitrogens with zero attached hydrogens (tertiary/aromatic N) is 2. The zero-order chi connectivity index (χ0) is 11.6. The highest BCUT2D eigenvalue weighted by molar-refractivity contribution is 5.89. The molecular formula is C11H16N2O2. The van der Waals surface area contributed by atoms with E-state index >= 15 is 0 Å². The van der Waals surface area contributed by atoms with Crippen LogP contribution in [0.3, 0.4) is 0 Å². The summed E-state index contributed by atoms with van der Waals surface area (Å²) in [5.74, 6) is 0.0449. The van der Waals surface area contributed by atoms with Crippen LogP contribution in [0.2, 0.25) is 0 Å². The van der Waals surface area contributed by atoms with Crippen LogP contribution in [0.15, 0.2) is 0 Å². The van der Waals surface area contributed by atoms with Crippen molar-refractivity contribution >= 4 is 5.97 Å². The maximum atomic E-state index is 10.9. The summed E-state index contributed by atoms with van der Waals surface area (Å²) in [4.78, 5) is 19.4. The van der Waals surface area contributed by atoms with Crippen LogP contribution in [-0.4, -0.2) is 21.0 Å². The third-order valence-corrected chi connectivity index (χ3v) is 2.56. The summed E-state index contributed by atoms with van der Waals surface area (Å²) in [5, 5.41) is 8.95. The maximum absolute atomic E-state index is 10.9. The molecule has 4 nitrogen and oxygen atoms in total. The van der Waals surface area contributed by atoms with Crippen molar-refractivity contribution in [2.75, 3.05) is 0 Å². The largest absolute Gasteiger partial charge is 0.478 e. The summed E-state index contributed by atoms with van der Waals surface area (Å²) in [6, 6.07) is 0. The Morgan fingerprint density at radius 2 is 1.80 bits per heavy atom. The first kappa shape index (κ1) is 11.6. The van der Waals surface area contributed by atoms with Crippen molar-refractivity contribution in [1.29, 1.82) is 0 Å². The first-order valence-corrected chi connectivity index (χ1v) is 5.05. The quantitative estimate of drug-likeness (QED) is 0.827. The van der Waals surface area contributed by atoms with Gasteiger partial charge in [0.1, 0.15) is 11.4 Å². The number of carboxylic acid groups (broad SMARTS) is 1. The molecule has 1 aromatic rings. The molecule has 0 saturated carbocycles. The van der Waals surface area contributed by atoms with E-state index in [1.165, 1.54) is 0 Å². The Morgan fingerprint density at radius 3 is 2.13 bits per heavy atom. The van der Waals surface area contributed by atoms with Crippen molar-refractivity contribution in [3.8, 4) is 0 Å². The lowest BCUT2D eigenvalue weighted by Crippen LogP contribution is -2.11. The third kappa shape index (κ3) is 2.32. The van der Waals surface area contributed by atoms with Gasteiger partial charge in [-0.15, -0.1) is 0 Å². The number of aromatic carboxylic acids is 1. The number of aromatic nitrogens is 2. The second-order valence-corrected chi connectivity index (χ2v) is 3.74. The monoisotopic (exact) mass is 208 g/mol. The number of aryl methyl sites for hydroxylation is 2. The molecule has 82 valence electrons. The van der Waals surface area contributed by atoms with Gasteiger partial charge in [0.05, 0.1) is 11.4 Å². The lowest BCUT2D eigenvalue weighted by molar-refractivity contribution is 0.0694. The Labute approximate surface area is 89.4 Å². The van der Waals surface area contributed by atoms with Crippen molar-refractivity contribution < 1.29 is 9.90 Å². The molecule has 1 heterocycles. The molecule has 0 radical (unpaired) electrons. The zero-order valence-corrected chi connectivity index (χ0v) is 9.53. The van der Waals surface area contributed by atoms with Gasteiger partial charge in [0, 0.05) is 5.92 Å². The molecule has 1 atom stereocenters. The van der Waals surface area contributed by atoms with Crippen LogP contribution in [0, 0.1) is 13.8 Å². The van der Waals surface area contributed by atoms with E-state index in [2.05, 4.69) is 16.9 Å². The van der Waals surface area contributed by atoms with Crippen LogP contribution < -0.4 is 0 Å². The van der Waals surface area contributed by atoms with E-state index in [-0.39, 0.29) is 11.5 Å². The SMILES string of the molecule is CCC(C)c1nc(C)c(C(=O)O)c(C)n1. The van der Waals surface area contributed by atoms with E-state index in [1.54, 1.807) is 13.8 Å². The molecule has 0 spiro atoms. The van der Waals surface area contributed by atoms with Gasteiger partial charge >= 0.3 is 5.97 Å². The minimum atomic E-state index is -0.958. The van der Waals surface area contributed by atoms with Gasteiger partial charge < -0.3 is 5.11 Å². The van der Waals surface area contributed by atoms with Crippen molar-refractivity contribution in [3.05, 3.63) is 22.8 Å². The third-order valence-electron chi connectivity index (χ3n) is 2.56. The Morgan fingerprint density at radius 1 is 1.33 bits per heavy atom. The topological polar surface area (TPSA) is 63.1 Å². The van der Waals surface area contributed by atoms with Crippen LogP contribution in [-0.2, 0) is 0 Å². The van der Waals surface area contributed by atoms with E-state index in [0.717, 1.165) is 12.2 Å². The predicted octanol–water partition coefficient (Wildman–Crippen LogP) is 2.31. The number of carboxylic acids is 1. The molecule has 15 heavy (non-hydrogen) atoms. The number of hydrogen-bond donors (Lipinski definition) is 1. The average Bonchev–Trinajstić information content (AvgIpc) is 2.14. The van der Waals surface area contributed by atoms with Crippen molar-refractivity contribution in [2.45, 2.75) is 40.0 Å². The average molecular weight is 208 g/mol. The van der Waals surface area contributed by atoms with Crippen LogP contribution in [0.4, 0.5) is 0 Å². The zero-order valence-electron chi connectivity index (χ0n) is 9.53. The fourth-order valence-electron chi connectivity index (χ4n) is 1.45. The molecule has 4 heteroatoms. The van der Waals surface area contributed by atoms with Gasteiger partial charge in [-0.3, -0.25) is 0 Å². The number of carbonyl (C=O) groups is 1. The highest BCUT2D eigenvalue weighted by Crippen LogP contribution is 2.18. The number of rotatable bonds is 3. The molecular weight excluding hydrogens is 192 g/mol. The van der Waals surface area contributed by atoms with Crippen LogP contribution in [0.25, 0.3) is 0 Å². The lowest BCUT2D eigenvalue weighted by atomic mass is 10.1. The van der Waals surface area contributed by atoms with Crippen LogP contribution in [0.1, 0.15) is 53.8 Å². The van der Waals surface area contributed by atoms with E-state index in [1.807, 2.05) is 6.92 Å². The van der Waals surface area contributed by atoms with Gasteiger partial charge in [-0.1, -0.05) is 13.8 Å². The molecule has 1 rings (SSSR count). The van der Waals surface area contributed by atoms with Gasteiger partial charge in [0.25, 0.3) is 0 Å². The molecule has 1 aromatic heterocycles. The summed E-state index contributed by atoms with van der Waals surface area (Å²) >= 11 is 0. The Kier molecular flexibility index (Phi) is 3.39. The molecule has 1 unspecified atom stereocenters. The Bertz CT molecular complexity index is 365. The van der Waals surface area contributed by atoms with Crippen molar-refractivity contribution in [1.82, 2.24) is 9.97 Å². The van der Waals surface area contributed by atoms with Crippen LogP contribution >= 0.6 is 0 Å². The fourth-order valence-corrected chi connectivity index (χ4v) is 1.45. The minimum Gasteiger partial charge on any atom is -0.478 e. The summed E-state index contributed by atoms with van der Waals surface area (Å²) < 4.78 is 0. The highest BCUT2D eigenvalue weighted by atomic mass is 16.4. The second kappa shape index (κ2) is 4.38. The number of hydrogen-bond acceptors (Lipinski definition) is 3. The predicted molar refractivity (Wildman–Crippen MR) is 57.2 cm³/mol. The van der Waals surface area contributed by atoms with Crippen LogP contribution in [0.5, 0.6) is 0 Å². The van der Waals surface area contributed by atoms with Gasteiger partial charge in [-0.25, -0.2) is 14.8 Å². The van der Waals surface area contributed by atoms with Crippen molar-refractivity contribution in [3.63, 3.8) is 0 Å². The first-order valence-electron chi connectivity index (χ1n) is 5.05. The minimum absolute atomic E-state index is 0.224. The molecule has 0 aromatic carbocycles.